The Kier molecular flexibility index (Phi) is 6.22. The summed E-state index contributed by atoms with van der Waals surface area (Å²) in [4.78, 5) is 14.9. The third-order valence-electron chi connectivity index (χ3n) is 5.50. The van der Waals surface area contributed by atoms with Gasteiger partial charge in [0.05, 0.1) is 26.0 Å². The molecule has 2 aliphatic rings. The zero-order valence-electron chi connectivity index (χ0n) is 16.8. The van der Waals surface area contributed by atoms with Crippen molar-refractivity contribution in [2.24, 2.45) is 5.10 Å². The van der Waals surface area contributed by atoms with Gasteiger partial charge in [-0.25, -0.2) is 5.43 Å². The van der Waals surface area contributed by atoms with Gasteiger partial charge in [-0.3, -0.25) is 9.69 Å². The van der Waals surface area contributed by atoms with E-state index < -0.39 is 0 Å². The smallest absolute Gasteiger partial charge is 0.271 e. The van der Waals surface area contributed by atoms with Crippen LogP contribution in [0, 0.1) is 0 Å². The van der Waals surface area contributed by atoms with Crippen molar-refractivity contribution in [3.8, 4) is 5.75 Å². The first kappa shape index (κ1) is 19.6. The predicted octanol–water partition coefficient (Wildman–Crippen LogP) is 3.00. The molecule has 6 nitrogen and oxygen atoms in total. The molecule has 0 unspecified atom stereocenters. The van der Waals surface area contributed by atoms with Crippen LogP contribution >= 0.6 is 0 Å². The van der Waals surface area contributed by atoms with E-state index in [0.717, 1.165) is 69.1 Å². The monoisotopic (exact) mass is 393 g/mol. The Labute approximate surface area is 171 Å². The maximum Gasteiger partial charge on any atom is 0.271 e. The van der Waals surface area contributed by atoms with Crippen LogP contribution in [0.4, 0.5) is 0 Å². The van der Waals surface area contributed by atoms with Crippen LogP contribution in [0.5, 0.6) is 5.75 Å². The number of benzene rings is 2. The summed E-state index contributed by atoms with van der Waals surface area (Å²) in [5.41, 5.74) is 7.78. The van der Waals surface area contributed by atoms with Gasteiger partial charge in [-0.15, -0.1) is 0 Å². The fraction of sp³-hybridized carbons (Fsp3) is 0.391. The van der Waals surface area contributed by atoms with E-state index in [1.165, 1.54) is 11.1 Å². The number of carbonyl (C=O) groups excluding carboxylic acids is 1. The average molecular weight is 393 g/mol. The number of hydrogen-bond acceptors (Lipinski definition) is 5. The highest BCUT2D eigenvalue weighted by molar-refractivity contribution is 6.04. The number of nitrogens with zero attached hydrogens (tertiary/aromatic N) is 2. The van der Waals surface area contributed by atoms with Crippen LogP contribution in [-0.4, -0.2) is 49.9 Å². The number of hydrogen-bond donors (Lipinski definition) is 1. The SMILES string of the molecule is COc1ccc2c(c1)CCCC2=NNC(=O)c1ccc(CN2CCOCC2)cc1. The number of morpholine rings is 1. The molecule has 29 heavy (non-hydrogen) atoms. The molecule has 0 radical (unpaired) electrons. The summed E-state index contributed by atoms with van der Waals surface area (Å²) in [6.07, 6.45) is 2.88. The number of fused-ring (bicyclic) bond motifs is 1. The lowest BCUT2D eigenvalue weighted by Gasteiger charge is -2.26. The van der Waals surface area contributed by atoms with Crippen molar-refractivity contribution in [3.63, 3.8) is 0 Å². The number of rotatable bonds is 5. The number of methoxy groups -OCH3 is 1. The van der Waals surface area contributed by atoms with Gasteiger partial charge in [0.2, 0.25) is 0 Å². The number of aryl methyl sites for hydroxylation is 1. The lowest BCUT2D eigenvalue weighted by molar-refractivity contribution is 0.0342. The first-order valence-electron chi connectivity index (χ1n) is 10.2. The molecule has 1 aliphatic heterocycles. The van der Waals surface area contributed by atoms with Crippen molar-refractivity contribution in [2.45, 2.75) is 25.8 Å². The van der Waals surface area contributed by atoms with E-state index in [4.69, 9.17) is 9.47 Å². The molecule has 1 heterocycles. The van der Waals surface area contributed by atoms with Gasteiger partial charge in [-0.2, -0.15) is 5.10 Å². The van der Waals surface area contributed by atoms with Gasteiger partial charge in [0.1, 0.15) is 5.75 Å². The third kappa shape index (κ3) is 4.83. The van der Waals surface area contributed by atoms with E-state index in [0.29, 0.717) is 5.56 Å². The van der Waals surface area contributed by atoms with Gasteiger partial charge < -0.3 is 9.47 Å². The molecule has 1 aliphatic carbocycles. The molecule has 2 aromatic carbocycles. The lowest BCUT2D eigenvalue weighted by Crippen LogP contribution is -2.35. The van der Waals surface area contributed by atoms with E-state index in [9.17, 15) is 4.79 Å². The first-order valence-corrected chi connectivity index (χ1v) is 10.2. The molecule has 6 heteroatoms. The molecular formula is C23H27N3O3. The molecule has 0 saturated carbocycles. The molecule has 152 valence electrons. The highest BCUT2D eigenvalue weighted by Gasteiger charge is 2.17. The van der Waals surface area contributed by atoms with Crippen LogP contribution < -0.4 is 10.2 Å². The predicted molar refractivity (Wildman–Crippen MR) is 112 cm³/mol. The van der Waals surface area contributed by atoms with E-state index in [2.05, 4.69) is 21.5 Å². The maximum absolute atomic E-state index is 12.5. The van der Waals surface area contributed by atoms with Crippen molar-refractivity contribution < 1.29 is 14.3 Å². The fourth-order valence-corrected chi connectivity index (χ4v) is 3.84. The molecule has 0 bridgehead atoms. The highest BCUT2D eigenvalue weighted by atomic mass is 16.5. The van der Waals surface area contributed by atoms with Crippen molar-refractivity contribution in [3.05, 3.63) is 64.7 Å². The van der Waals surface area contributed by atoms with E-state index >= 15 is 0 Å². The second-order valence-corrected chi connectivity index (χ2v) is 7.46. The zero-order chi connectivity index (χ0) is 20.1. The normalized spacial score (nSPS) is 18.3. The Morgan fingerprint density at radius 1 is 1.14 bits per heavy atom. The minimum Gasteiger partial charge on any atom is -0.497 e. The molecule has 0 atom stereocenters. The minimum atomic E-state index is -0.184. The highest BCUT2D eigenvalue weighted by Crippen LogP contribution is 2.25. The van der Waals surface area contributed by atoms with Crippen molar-refractivity contribution in [1.29, 1.82) is 0 Å². The standard InChI is InChI=1S/C23H27N3O3/c1-28-20-9-10-21-19(15-20)3-2-4-22(21)24-25-23(27)18-7-5-17(6-8-18)16-26-11-13-29-14-12-26/h5-10,15H,2-4,11-14,16H2,1H3,(H,25,27). The maximum atomic E-state index is 12.5. The van der Waals surface area contributed by atoms with Gasteiger partial charge in [-0.1, -0.05) is 12.1 Å². The van der Waals surface area contributed by atoms with Gasteiger partial charge in [-0.05, 0) is 60.7 Å². The molecule has 0 aromatic heterocycles. The number of carbonyl (C=O) groups is 1. The van der Waals surface area contributed by atoms with Crippen molar-refractivity contribution in [1.82, 2.24) is 10.3 Å². The van der Waals surface area contributed by atoms with Crippen LogP contribution in [0.25, 0.3) is 0 Å². The molecule has 2 aromatic rings. The van der Waals surface area contributed by atoms with Crippen molar-refractivity contribution in [2.75, 3.05) is 33.4 Å². The first-order chi connectivity index (χ1) is 14.2. The number of nitrogens with one attached hydrogen (secondary N) is 1. The largest absolute Gasteiger partial charge is 0.497 e. The van der Waals surface area contributed by atoms with E-state index in [-0.39, 0.29) is 5.91 Å². The number of amides is 1. The van der Waals surface area contributed by atoms with Crippen LogP contribution in [0.3, 0.4) is 0 Å². The average Bonchev–Trinajstić information content (AvgIpc) is 2.78. The van der Waals surface area contributed by atoms with Crippen LogP contribution in [0.1, 0.15) is 39.9 Å². The number of ether oxygens (including phenoxy) is 2. The van der Waals surface area contributed by atoms with Crippen LogP contribution in [-0.2, 0) is 17.7 Å². The Balaban J connectivity index is 1.39. The third-order valence-corrected chi connectivity index (χ3v) is 5.50. The Hall–Kier alpha value is -2.70. The number of hydrazone groups is 1. The second-order valence-electron chi connectivity index (χ2n) is 7.46. The topological polar surface area (TPSA) is 63.2 Å². The second kappa shape index (κ2) is 9.20. The molecular weight excluding hydrogens is 366 g/mol. The van der Waals surface area contributed by atoms with Gasteiger partial charge in [0, 0.05) is 30.8 Å². The summed E-state index contributed by atoms with van der Waals surface area (Å²) < 4.78 is 10.7. The molecule has 1 amide bonds. The molecule has 0 spiro atoms. The van der Waals surface area contributed by atoms with Crippen molar-refractivity contribution >= 4 is 11.6 Å². The summed E-state index contributed by atoms with van der Waals surface area (Å²) in [6.45, 7) is 4.36. The Bertz CT molecular complexity index is 887. The minimum absolute atomic E-state index is 0.184. The van der Waals surface area contributed by atoms with Gasteiger partial charge >= 0.3 is 0 Å². The molecule has 1 saturated heterocycles. The summed E-state index contributed by atoms with van der Waals surface area (Å²) in [7, 11) is 1.67. The summed E-state index contributed by atoms with van der Waals surface area (Å²) >= 11 is 0. The summed E-state index contributed by atoms with van der Waals surface area (Å²) in [5.74, 6) is 0.669. The summed E-state index contributed by atoms with van der Waals surface area (Å²) in [6, 6.07) is 13.8. The quantitative estimate of drug-likeness (QED) is 0.794. The van der Waals surface area contributed by atoms with Crippen LogP contribution in [0.2, 0.25) is 0 Å². The Morgan fingerprint density at radius 2 is 1.93 bits per heavy atom. The summed E-state index contributed by atoms with van der Waals surface area (Å²) in [5, 5.41) is 4.43. The fourth-order valence-electron chi connectivity index (χ4n) is 3.84. The van der Waals surface area contributed by atoms with E-state index in [1.807, 2.05) is 36.4 Å². The Morgan fingerprint density at radius 3 is 2.69 bits per heavy atom. The molecule has 1 N–H and O–H groups in total. The molecule has 4 rings (SSSR count). The lowest BCUT2D eigenvalue weighted by atomic mass is 9.90. The van der Waals surface area contributed by atoms with Gasteiger partial charge in [0.15, 0.2) is 0 Å². The van der Waals surface area contributed by atoms with Crippen LogP contribution in [0.15, 0.2) is 47.6 Å². The van der Waals surface area contributed by atoms with Gasteiger partial charge in [0.25, 0.3) is 5.91 Å². The molecule has 1 fully saturated rings. The zero-order valence-corrected chi connectivity index (χ0v) is 16.8. The van der Waals surface area contributed by atoms with E-state index in [1.54, 1.807) is 7.11 Å².